The van der Waals surface area contributed by atoms with Crippen LogP contribution in [-0.4, -0.2) is 35.4 Å². The van der Waals surface area contributed by atoms with Crippen LogP contribution in [0.1, 0.15) is 44.2 Å². The number of aliphatic hydroxyl groups excluding tert-OH is 1. The minimum absolute atomic E-state index is 0.141. The number of hydrogen-bond donors (Lipinski definition) is 2. The minimum atomic E-state index is -4.48. The van der Waals surface area contributed by atoms with E-state index < -0.39 is 18.0 Å². The maximum absolute atomic E-state index is 14.1. The van der Waals surface area contributed by atoms with Crippen molar-refractivity contribution in [1.82, 2.24) is 10.3 Å². The van der Waals surface area contributed by atoms with E-state index in [1.54, 1.807) is 31.3 Å². The van der Waals surface area contributed by atoms with Crippen molar-refractivity contribution < 1.29 is 18.3 Å². The van der Waals surface area contributed by atoms with Gasteiger partial charge in [0.1, 0.15) is 12.0 Å². The van der Waals surface area contributed by atoms with Crippen molar-refractivity contribution in [3.8, 4) is 11.1 Å². The highest BCUT2D eigenvalue weighted by Gasteiger charge is 2.34. The maximum atomic E-state index is 14.1. The minimum Gasteiger partial charge on any atom is -0.379 e. The fourth-order valence-electron chi connectivity index (χ4n) is 4.41. The highest BCUT2D eigenvalue weighted by molar-refractivity contribution is 7.99. The number of hydrogen-bond acceptors (Lipinski definition) is 5. The summed E-state index contributed by atoms with van der Waals surface area (Å²) in [5, 5.41) is 12.7. The first-order valence-corrected chi connectivity index (χ1v) is 12.6. The van der Waals surface area contributed by atoms with Gasteiger partial charge in [0.15, 0.2) is 0 Å². The Morgan fingerprint density at radius 3 is 2.49 bits per heavy atom. The average molecular weight is 502 g/mol. The zero-order chi connectivity index (χ0) is 25.2. The van der Waals surface area contributed by atoms with Crippen LogP contribution in [-0.2, 0) is 6.18 Å². The number of halogens is 3. The zero-order valence-corrected chi connectivity index (χ0v) is 20.8. The summed E-state index contributed by atoms with van der Waals surface area (Å²) in [5.41, 5.74) is 1.58. The van der Waals surface area contributed by atoms with Gasteiger partial charge in [-0.3, -0.25) is 5.32 Å². The molecule has 1 saturated heterocycles. The monoisotopic (exact) mass is 501 g/mol. The summed E-state index contributed by atoms with van der Waals surface area (Å²) in [6.45, 7) is 7.21. The molecule has 0 amide bonds. The number of pyridine rings is 1. The molecule has 0 spiro atoms. The second kappa shape index (κ2) is 10.6. The van der Waals surface area contributed by atoms with Gasteiger partial charge in [-0.2, -0.15) is 13.2 Å². The van der Waals surface area contributed by atoms with Gasteiger partial charge in [0.05, 0.1) is 5.56 Å². The molecule has 3 aromatic rings. The van der Waals surface area contributed by atoms with Crippen LogP contribution < -0.4 is 10.2 Å². The van der Waals surface area contributed by atoms with Gasteiger partial charge in [-0.25, -0.2) is 4.98 Å². The Labute approximate surface area is 208 Å². The number of aromatic nitrogens is 1. The molecule has 35 heavy (non-hydrogen) atoms. The van der Waals surface area contributed by atoms with Gasteiger partial charge in [-0.15, -0.1) is 0 Å². The van der Waals surface area contributed by atoms with E-state index in [1.807, 2.05) is 44.2 Å². The van der Waals surface area contributed by atoms with E-state index in [-0.39, 0.29) is 16.9 Å². The van der Waals surface area contributed by atoms with Crippen LogP contribution in [0.5, 0.6) is 0 Å². The van der Waals surface area contributed by atoms with Gasteiger partial charge in [0.2, 0.25) is 0 Å². The summed E-state index contributed by atoms with van der Waals surface area (Å²) >= 11 is 1.16. The van der Waals surface area contributed by atoms with Crippen molar-refractivity contribution in [3.05, 3.63) is 71.9 Å². The van der Waals surface area contributed by atoms with E-state index in [4.69, 9.17) is 0 Å². The van der Waals surface area contributed by atoms with Crippen LogP contribution in [0, 0.1) is 0 Å². The third-order valence-corrected chi connectivity index (χ3v) is 7.28. The predicted octanol–water partition coefficient (Wildman–Crippen LogP) is 6.55. The molecule has 0 radical (unpaired) electrons. The summed E-state index contributed by atoms with van der Waals surface area (Å²) in [4.78, 5) is 7.55. The first kappa shape index (κ1) is 25.5. The molecule has 2 atom stereocenters. The molecular formula is C27H30F3N3OS. The summed E-state index contributed by atoms with van der Waals surface area (Å²) in [6.07, 6.45) is -2.58. The molecule has 2 unspecified atom stereocenters. The quantitative estimate of drug-likeness (QED) is 0.360. The molecule has 2 N–H and O–H groups in total. The Hall–Kier alpha value is -2.55. The summed E-state index contributed by atoms with van der Waals surface area (Å²) in [6, 6.07) is 15.9. The number of nitrogens with one attached hydrogen (secondary N) is 1. The van der Waals surface area contributed by atoms with Crippen molar-refractivity contribution >= 4 is 17.6 Å². The molecule has 1 aliphatic heterocycles. The molecule has 0 saturated carbocycles. The highest BCUT2D eigenvalue weighted by Crippen LogP contribution is 2.43. The third-order valence-electron chi connectivity index (χ3n) is 6.11. The van der Waals surface area contributed by atoms with Crippen molar-refractivity contribution in [1.29, 1.82) is 0 Å². The zero-order valence-electron chi connectivity index (χ0n) is 20.0. The molecule has 0 bridgehead atoms. The van der Waals surface area contributed by atoms with Crippen LogP contribution in [0.4, 0.5) is 19.0 Å². The lowest BCUT2D eigenvalue weighted by Gasteiger charge is -2.20. The second-order valence-corrected chi connectivity index (χ2v) is 10.3. The first-order chi connectivity index (χ1) is 16.6. The summed E-state index contributed by atoms with van der Waals surface area (Å²) < 4.78 is 42.4. The number of aliphatic hydroxyl groups is 1. The summed E-state index contributed by atoms with van der Waals surface area (Å²) in [7, 11) is 0. The number of alkyl halides is 3. The Bertz CT molecular complexity index is 1170. The normalized spacial score (nSPS) is 17.3. The molecule has 186 valence electrons. The Morgan fingerprint density at radius 2 is 1.77 bits per heavy atom. The van der Waals surface area contributed by atoms with E-state index in [0.29, 0.717) is 17.7 Å². The van der Waals surface area contributed by atoms with Crippen LogP contribution in [0.2, 0.25) is 0 Å². The standard InChI is InChI=1S/C27H30F3N3OS/c1-17(2)22-6-4-5-7-24(22)35-25-9-8-19(14-23(25)27(28,29)30)20-10-12-31-26(15-20)33-13-11-21(16-33)32-18(3)34/h4-10,12,14-15,17-18,21,32,34H,11,13,16H2,1-3H3. The van der Waals surface area contributed by atoms with Crippen molar-refractivity contribution in [2.24, 2.45) is 0 Å². The lowest BCUT2D eigenvalue weighted by Crippen LogP contribution is -2.38. The second-order valence-electron chi connectivity index (χ2n) is 9.18. The SMILES string of the molecule is CC(O)NC1CCN(c2cc(-c3ccc(Sc4ccccc4C(C)C)c(C(F)(F)F)c3)ccn2)C1. The Balaban J connectivity index is 1.63. The Kier molecular flexibility index (Phi) is 7.73. The van der Waals surface area contributed by atoms with Gasteiger partial charge >= 0.3 is 6.18 Å². The summed E-state index contributed by atoms with van der Waals surface area (Å²) in [5.74, 6) is 0.929. The molecule has 1 aromatic heterocycles. The van der Waals surface area contributed by atoms with Crippen molar-refractivity contribution in [2.75, 3.05) is 18.0 Å². The van der Waals surface area contributed by atoms with Gasteiger partial charge < -0.3 is 10.0 Å². The predicted molar refractivity (Wildman–Crippen MR) is 135 cm³/mol. The molecule has 0 aliphatic carbocycles. The number of rotatable bonds is 7. The largest absolute Gasteiger partial charge is 0.417 e. The maximum Gasteiger partial charge on any atom is 0.417 e. The smallest absolute Gasteiger partial charge is 0.379 e. The van der Waals surface area contributed by atoms with Crippen LogP contribution >= 0.6 is 11.8 Å². The van der Waals surface area contributed by atoms with E-state index in [0.717, 1.165) is 41.0 Å². The fourth-order valence-corrected chi connectivity index (χ4v) is 5.63. The highest BCUT2D eigenvalue weighted by atomic mass is 32.2. The van der Waals surface area contributed by atoms with Gasteiger partial charge in [0, 0.05) is 35.1 Å². The Morgan fingerprint density at radius 1 is 1.03 bits per heavy atom. The average Bonchev–Trinajstić information content (AvgIpc) is 3.27. The van der Waals surface area contributed by atoms with Crippen molar-refractivity contribution in [3.63, 3.8) is 0 Å². The van der Waals surface area contributed by atoms with E-state index in [9.17, 15) is 18.3 Å². The van der Waals surface area contributed by atoms with Crippen LogP contribution in [0.3, 0.4) is 0 Å². The van der Waals surface area contributed by atoms with Crippen molar-refractivity contribution in [2.45, 2.75) is 61.3 Å². The number of nitrogens with zero attached hydrogens (tertiary/aromatic N) is 2. The fraction of sp³-hybridized carbons (Fsp3) is 0.370. The van der Waals surface area contributed by atoms with Crippen LogP contribution in [0.15, 0.2) is 70.6 Å². The molecular weight excluding hydrogens is 471 g/mol. The lowest BCUT2D eigenvalue weighted by atomic mass is 10.0. The molecule has 2 aromatic carbocycles. The third kappa shape index (κ3) is 6.18. The van der Waals surface area contributed by atoms with E-state index in [2.05, 4.69) is 15.2 Å². The van der Waals surface area contributed by atoms with Gasteiger partial charge in [0.25, 0.3) is 0 Å². The van der Waals surface area contributed by atoms with E-state index >= 15 is 0 Å². The topological polar surface area (TPSA) is 48.4 Å². The molecule has 1 fully saturated rings. The first-order valence-electron chi connectivity index (χ1n) is 11.8. The lowest BCUT2D eigenvalue weighted by molar-refractivity contribution is -0.139. The molecule has 4 rings (SSSR count). The van der Waals surface area contributed by atoms with Crippen LogP contribution in [0.25, 0.3) is 11.1 Å². The van der Waals surface area contributed by atoms with Gasteiger partial charge in [-0.05, 0) is 66.3 Å². The molecule has 2 heterocycles. The molecule has 1 aliphatic rings. The van der Waals surface area contributed by atoms with E-state index in [1.165, 1.54) is 6.07 Å². The van der Waals surface area contributed by atoms with Gasteiger partial charge in [-0.1, -0.05) is 49.9 Å². The molecule has 4 nitrogen and oxygen atoms in total. The molecule has 8 heteroatoms. The number of benzene rings is 2. The number of anilines is 1.